The number of aromatic nitrogens is 3. The average Bonchev–Trinajstić information content (AvgIpc) is 3.11. The minimum Gasteiger partial charge on any atom is -0.497 e. The molecule has 0 spiro atoms. The van der Waals surface area contributed by atoms with Crippen LogP contribution in [0.15, 0.2) is 42.5 Å². The molecule has 0 bridgehead atoms. The predicted molar refractivity (Wildman–Crippen MR) is 103 cm³/mol. The number of fused-ring (bicyclic) bond motifs is 3. The van der Waals surface area contributed by atoms with E-state index in [0.717, 1.165) is 44.6 Å². The quantitative estimate of drug-likeness (QED) is 0.514. The molecule has 0 saturated heterocycles. The Kier molecular flexibility index (Phi) is 4.18. The normalized spacial score (nSPS) is 11.3. The third kappa shape index (κ3) is 2.84. The molecular weight excluding hydrogens is 328 g/mol. The number of aliphatic hydroxyl groups is 1. The molecule has 0 aliphatic rings. The summed E-state index contributed by atoms with van der Waals surface area (Å²) in [5, 5.41) is 9.97. The van der Waals surface area contributed by atoms with Gasteiger partial charge in [0.2, 0.25) is 0 Å². The fourth-order valence-electron chi connectivity index (χ4n) is 3.14. The summed E-state index contributed by atoms with van der Waals surface area (Å²) in [7, 11) is 1.65. The molecule has 0 unspecified atom stereocenters. The highest BCUT2D eigenvalue weighted by Gasteiger charge is 2.12. The highest BCUT2D eigenvalue weighted by Crippen LogP contribution is 2.30. The molecule has 0 fully saturated rings. The van der Waals surface area contributed by atoms with E-state index < -0.39 is 0 Å². The van der Waals surface area contributed by atoms with Crippen LogP contribution in [0.3, 0.4) is 0 Å². The minimum absolute atomic E-state index is 0.136. The summed E-state index contributed by atoms with van der Waals surface area (Å²) in [4.78, 5) is 12.4. The number of pyridine rings is 1. The molecule has 6 nitrogen and oxygen atoms in total. The number of methoxy groups -OCH3 is 1. The van der Waals surface area contributed by atoms with Crippen LogP contribution in [-0.2, 0) is 6.42 Å². The number of aliphatic hydroxyl groups excluding tert-OH is 1. The molecule has 132 valence electrons. The van der Waals surface area contributed by atoms with Crippen LogP contribution in [0, 0.1) is 0 Å². The minimum atomic E-state index is 0.136. The van der Waals surface area contributed by atoms with Crippen molar-refractivity contribution in [3.8, 4) is 16.9 Å². The summed E-state index contributed by atoms with van der Waals surface area (Å²) in [5.74, 6) is 2.07. The maximum atomic E-state index is 9.01. The monoisotopic (exact) mass is 348 g/mol. The number of imidazole rings is 1. The van der Waals surface area contributed by atoms with Gasteiger partial charge in [-0.2, -0.15) is 0 Å². The number of hydrogen-bond acceptors (Lipinski definition) is 5. The van der Waals surface area contributed by atoms with Gasteiger partial charge in [-0.3, -0.25) is 0 Å². The SMILES string of the molecule is COc1ccc(-c2ccc3c(c2)nc(N)c2[nH]c(CCCO)nc23)cc1. The second kappa shape index (κ2) is 6.65. The molecule has 4 aromatic rings. The Morgan fingerprint density at radius 3 is 2.58 bits per heavy atom. The fraction of sp³-hybridized carbons (Fsp3) is 0.200. The van der Waals surface area contributed by atoms with Crippen LogP contribution in [0.2, 0.25) is 0 Å². The van der Waals surface area contributed by atoms with Crippen molar-refractivity contribution in [3.63, 3.8) is 0 Å². The van der Waals surface area contributed by atoms with Crippen molar-refractivity contribution in [2.75, 3.05) is 19.5 Å². The first kappa shape index (κ1) is 16.4. The lowest BCUT2D eigenvalue weighted by Gasteiger charge is -2.06. The zero-order chi connectivity index (χ0) is 18.1. The second-order valence-corrected chi connectivity index (χ2v) is 6.19. The smallest absolute Gasteiger partial charge is 0.150 e. The topological polar surface area (TPSA) is 97.0 Å². The van der Waals surface area contributed by atoms with E-state index >= 15 is 0 Å². The number of nitrogens with two attached hydrogens (primary N) is 1. The number of nitrogen functional groups attached to an aromatic ring is 1. The van der Waals surface area contributed by atoms with Crippen LogP contribution < -0.4 is 10.5 Å². The van der Waals surface area contributed by atoms with E-state index in [4.69, 9.17) is 15.6 Å². The number of nitrogens with one attached hydrogen (secondary N) is 1. The number of ether oxygens (including phenoxy) is 1. The molecule has 2 aromatic heterocycles. The third-order valence-electron chi connectivity index (χ3n) is 4.50. The van der Waals surface area contributed by atoms with Gasteiger partial charge in [0.15, 0.2) is 0 Å². The van der Waals surface area contributed by atoms with Crippen molar-refractivity contribution < 1.29 is 9.84 Å². The van der Waals surface area contributed by atoms with Gasteiger partial charge in [-0.25, -0.2) is 9.97 Å². The van der Waals surface area contributed by atoms with Crippen LogP contribution >= 0.6 is 0 Å². The van der Waals surface area contributed by atoms with Crippen molar-refractivity contribution in [1.82, 2.24) is 15.0 Å². The fourth-order valence-corrected chi connectivity index (χ4v) is 3.14. The van der Waals surface area contributed by atoms with Crippen LogP contribution in [0.25, 0.3) is 33.1 Å². The largest absolute Gasteiger partial charge is 0.497 e. The van der Waals surface area contributed by atoms with Gasteiger partial charge in [0.25, 0.3) is 0 Å². The Balaban J connectivity index is 1.81. The summed E-state index contributed by atoms with van der Waals surface area (Å²) in [6, 6.07) is 14.0. The van der Waals surface area contributed by atoms with E-state index in [1.54, 1.807) is 7.11 Å². The summed E-state index contributed by atoms with van der Waals surface area (Å²) in [6.07, 6.45) is 1.34. The van der Waals surface area contributed by atoms with E-state index in [9.17, 15) is 0 Å². The molecule has 0 atom stereocenters. The van der Waals surface area contributed by atoms with Gasteiger partial charge in [0.05, 0.1) is 12.6 Å². The van der Waals surface area contributed by atoms with Crippen LogP contribution in [0.4, 0.5) is 5.82 Å². The number of aryl methyl sites for hydroxylation is 1. The van der Waals surface area contributed by atoms with Gasteiger partial charge in [-0.05, 0) is 41.8 Å². The molecule has 0 saturated carbocycles. The average molecular weight is 348 g/mol. The number of anilines is 1. The van der Waals surface area contributed by atoms with Crippen molar-refractivity contribution in [3.05, 3.63) is 48.3 Å². The van der Waals surface area contributed by atoms with Crippen LogP contribution in [0.5, 0.6) is 5.75 Å². The first-order valence-electron chi connectivity index (χ1n) is 8.52. The zero-order valence-electron chi connectivity index (χ0n) is 14.5. The van der Waals surface area contributed by atoms with Gasteiger partial charge >= 0.3 is 0 Å². The second-order valence-electron chi connectivity index (χ2n) is 6.19. The summed E-state index contributed by atoms with van der Waals surface area (Å²) < 4.78 is 5.21. The summed E-state index contributed by atoms with van der Waals surface area (Å²) >= 11 is 0. The Hall–Kier alpha value is -3.12. The molecule has 6 heteroatoms. The van der Waals surface area contributed by atoms with Gasteiger partial charge in [0, 0.05) is 18.4 Å². The molecule has 0 aliphatic heterocycles. The third-order valence-corrected chi connectivity index (χ3v) is 4.50. The van der Waals surface area contributed by atoms with E-state index in [0.29, 0.717) is 18.7 Å². The Bertz CT molecular complexity index is 1070. The van der Waals surface area contributed by atoms with Crippen molar-refractivity contribution in [1.29, 1.82) is 0 Å². The molecule has 4 N–H and O–H groups in total. The van der Waals surface area contributed by atoms with Crippen LogP contribution in [-0.4, -0.2) is 33.8 Å². The first-order chi connectivity index (χ1) is 12.7. The number of H-pyrrole nitrogens is 1. The Labute approximate surface area is 150 Å². The number of hydrogen-bond donors (Lipinski definition) is 3. The molecule has 2 aromatic carbocycles. The molecular formula is C20H20N4O2. The molecule has 2 heterocycles. The Morgan fingerprint density at radius 1 is 1.08 bits per heavy atom. The lowest BCUT2D eigenvalue weighted by Crippen LogP contribution is -1.93. The van der Waals surface area contributed by atoms with Crippen molar-refractivity contribution >= 4 is 27.8 Å². The van der Waals surface area contributed by atoms with Gasteiger partial charge < -0.3 is 20.6 Å². The number of aromatic amines is 1. The van der Waals surface area contributed by atoms with Gasteiger partial charge in [-0.15, -0.1) is 0 Å². The molecule has 0 radical (unpaired) electrons. The van der Waals surface area contributed by atoms with Crippen molar-refractivity contribution in [2.24, 2.45) is 0 Å². The first-order valence-corrected chi connectivity index (χ1v) is 8.52. The van der Waals surface area contributed by atoms with Gasteiger partial charge in [-0.1, -0.05) is 18.2 Å². The zero-order valence-corrected chi connectivity index (χ0v) is 14.5. The number of benzene rings is 2. The van der Waals surface area contributed by atoms with E-state index in [1.807, 2.05) is 36.4 Å². The number of rotatable bonds is 5. The highest BCUT2D eigenvalue weighted by atomic mass is 16.5. The van der Waals surface area contributed by atoms with Crippen LogP contribution in [0.1, 0.15) is 12.2 Å². The Morgan fingerprint density at radius 2 is 1.85 bits per heavy atom. The summed E-state index contributed by atoms with van der Waals surface area (Å²) in [5.41, 5.74) is 10.7. The van der Waals surface area contributed by atoms with E-state index in [1.165, 1.54) is 0 Å². The lowest BCUT2D eigenvalue weighted by molar-refractivity contribution is 0.287. The maximum Gasteiger partial charge on any atom is 0.150 e. The molecule has 0 aliphatic carbocycles. The molecule has 26 heavy (non-hydrogen) atoms. The van der Waals surface area contributed by atoms with E-state index in [-0.39, 0.29) is 6.61 Å². The molecule has 0 amide bonds. The summed E-state index contributed by atoms with van der Waals surface area (Å²) in [6.45, 7) is 0.136. The standard InChI is InChI=1S/C20H20N4O2/c1-26-14-7-4-12(5-8-14)13-6-9-15-16(11-13)22-20(21)19-18(15)23-17(24-19)3-2-10-25/h4-9,11,25H,2-3,10H2,1H3,(H2,21,22)(H,23,24). The maximum absolute atomic E-state index is 9.01. The van der Waals surface area contributed by atoms with Gasteiger partial charge in [0.1, 0.15) is 28.4 Å². The highest BCUT2D eigenvalue weighted by molar-refractivity contribution is 6.07. The predicted octanol–water partition coefficient (Wildman–Crippen LogP) is 3.29. The number of nitrogens with zero attached hydrogens (tertiary/aromatic N) is 2. The van der Waals surface area contributed by atoms with Crippen molar-refractivity contribution in [2.45, 2.75) is 12.8 Å². The van der Waals surface area contributed by atoms with E-state index in [2.05, 4.69) is 21.0 Å². The lowest BCUT2D eigenvalue weighted by atomic mass is 10.0. The molecule has 4 rings (SSSR count).